The number of benzene rings is 2. The Balaban J connectivity index is 2.22. The van der Waals surface area contributed by atoms with Crippen LogP contribution >= 0.6 is 0 Å². The second kappa shape index (κ2) is 7.53. The van der Waals surface area contributed by atoms with Crippen molar-refractivity contribution in [3.63, 3.8) is 0 Å². The highest BCUT2D eigenvalue weighted by molar-refractivity contribution is 5.83. The summed E-state index contributed by atoms with van der Waals surface area (Å²) >= 11 is 0. The average Bonchev–Trinajstić information content (AvgIpc) is 2.55. The first kappa shape index (κ1) is 15.2. The van der Waals surface area contributed by atoms with E-state index in [-0.39, 0.29) is 11.1 Å². The van der Waals surface area contributed by atoms with Gasteiger partial charge in [-0.2, -0.15) is 0 Å². The molecule has 0 spiro atoms. The van der Waals surface area contributed by atoms with Gasteiger partial charge in [0.15, 0.2) is 11.7 Å². The molecular weight excluding hydrogens is 266 g/mol. The van der Waals surface area contributed by atoms with Gasteiger partial charge >= 0.3 is 0 Å². The van der Waals surface area contributed by atoms with E-state index < -0.39 is 11.7 Å². The Morgan fingerprint density at radius 2 is 1.43 bits per heavy atom. The summed E-state index contributed by atoms with van der Waals surface area (Å²) in [6, 6.07) is 15.0. The van der Waals surface area contributed by atoms with Gasteiger partial charge in [-0.1, -0.05) is 80.1 Å². The highest BCUT2D eigenvalue weighted by Gasteiger charge is 2.10. The zero-order valence-corrected chi connectivity index (χ0v) is 12.0. The van der Waals surface area contributed by atoms with Crippen LogP contribution < -0.4 is 0 Å². The average molecular weight is 284 g/mol. The molecule has 2 aromatic rings. The molecule has 0 heterocycles. The Morgan fingerprint density at radius 3 is 2.00 bits per heavy atom. The van der Waals surface area contributed by atoms with E-state index in [2.05, 4.69) is 13.0 Å². The van der Waals surface area contributed by atoms with E-state index in [9.17, 15) is 8.78 Å². The fourth-order valence-electron chi connectivity index (χ4n) is 1.96. The quantitative estimate of drug-likeness (QED) is 0.568. The summed E-state index contributed by atoms with van der Waals surface area (Å²) in [6.07, 6.45) is 6.17. The molecule has 21 heavy (non-hydrogen) atoms. The maximum atomic E-state index is 14.1. The van der Waals surface area contributed by atoms with Gasteiger partial charge in [-0.05, 0) is 12.0 Å². The Labute approximate surface area is 124 Å². The van der Waals surface area contributed by atoms with Crippen molar-refractivity contribution < 1.29 is 8.78 Å². The third kappa shape index (κ3) is 4.12. The molecule has 0 unspecified atom stereocenters. The molecule has 0 radical (unpaired) electrons. The summed E-state index contributed by atoms with van der Waals surface area (Å²) in [4.78, 5) is 0. The first-order valence-electron chi connectivity index (χ1n) is 7.10. The lowest BCUT2D eigenvalue weighted by molar-refractivity contribution is 0.700. The molecule has 0 nitrogen and oxygen atoms in total. The van der Waals surface area contributed by atoms with Gasteiger partial charge in [0, 0.05) is 11.1 Å². The zero-order valence-electron chi connectivity index (χ0n) is 12.0. The lowest BCUT2D eigenvalue weighted by Crippen LogP contribution is -1.84. The van der Waals surface area contributed by atoms with Crippen LogP contribution in [0.4, 0.5) is 8.78 Å². The number of allylic oxidation sites excluding steroid dienone is 1. The summed E-state index contributed by atoms with van der Waals surface area (Å²) in [5.41, 5.74) is 1.49. The highest BCUT2D eigenvalue weighted by Crippen LogP contribution is 2.28. The molecule has 2 rings (SSSR count). The first-order valence-corrected chi connectivity index (χ1v) is 7.10. The van der Waals surface area contributed by atoms with Crippen LogP contribution in [0.5, 0.6) is 0 Å². The lowest BCUT2D eigenvalue weighted by atomic mass is 10.1. The van der Waals surface area contributed by atoms with Crippen LogP contribution in [0.2, 0.25) is 0 Å². The van der Waals surface area contributed by atoms with E-state index in [1.165, 1.54) is 0 Å². The molecular formula is C19H18F2. The third-order valence-corrected chi connectivity index (χ3v) is 3.15. The van der Waals surface area contributed by atoms with Crippen LogP contribution in [-0.4, -0.2) is 0 Å². The standard InChI is InChI=1S/C19H18F2/c1-2-3-5-8-15-11-13-17(14-12-15)19(21)18(20)16-9-6-4-7-10-16/h4-14H,2-3H2,1H3/b8-5+,19-18-. The Morgan fingerprint density at radius 1 is 0.857 bits per heavy atom. The predicted molar refractivity (Wildman–Crippen MR) is 85.9 cm³/mol. The van der Waals surface area contributed by atoms with Crippen molar-refractivity contribution in [2.24, 2.45) is 0 Å². The van der Waals surface area contributed by atoms with Crippen LogP contribution in [0.3, 0.4) is 0 Å². The van der Waals surface area contributed by atoms with Gasteiger partial charge in [-0.25, -0.2) is 8.78 Å². The molecule has 0 amide bonds. The maximum absolute atomic E-state index is 14.1. The van der Waals surface area contributed by atoms with E-state index in [1.807, 2.05) is 6.08 Å². The highest BCUT2D eigenvalue weighted by atomic mass is 19.2. The fourth-order valence-corrected chi connectivity index (χ4v) is 1.96. The molecule has 0 aliphatic carbocycles. The van der Waals surface area contributed by atoms with Crippen molar-refractivity contribution in [3.05, 3.63) is 77.4 Å². The molecule has 2 aromatic carbocycles. The third-order valence-electron chi connectivity index (χ3n) is 3.15. The minimum atomic E-state index is -0.829. The number of rotatable bonds is 5. The molecule has 0 fully saturated rings. The summed E-state index contributed by atoms with van der Waals surface area (Å²) in [5, 5.41) is 0. The topological polar surface area (TPSA) is 0 Å². The number of unbranched alkanes of at least 4 members (excludes halogenated alkanes) is 1. The number of hydrogen-bond donors (Lipinski definition) is 0. The van der Waals surface area contributed by atoms with Gasteiger partial charge in [-0.3, -0.25) is 0 Å². The van der Waals surface area contributed by atoms with E-state index in [1.54, 1.807) is 54.6 Å². The molecule has 0 saturated heterocycles. The fraction of sp³-hybridized carbons (Fsp3) is 0.158. The molecule has 0 bridgehead atoms. The van der Waals surface area contributed by atoms with Crippen LogP contribution in [0.1, 0.15) is 36.5 Å². The summed E-state index contributed by atoms with van der Waals surface area (Å²) < 4.78 is 28.2. The van der Waals surface area contributed by atoms with Gasteiger partial charge in [0.1, 0.15) is 0 Å². The summed E-state index contributed by atoms with van der Waals surface area (Å²) in [6.45, 7) is 2.11. The van der Waals surface area contributed by atoms with Crippen molar-refractivity contribution in [2.45, 2.75) is 19.8 Å². The molecule has 0 aliphatic heterocycles. The van der Waals surface area contributed by atoms with E-state index in [0.717, 1.165) is 18.4 Å². The molecule has 0 aromatic heterocycles. The van der Waals surface area contributed by atoms with E-state index >= 15 is 0 Å². The predicted octanol–water partition coefficient (Wildman–Crippen LogP) is 6.26. The smallest absolute Gasteiger partial charge is 0.166 e. The second-order valence-corrected chi connectivity index (χ2v) is 4.81. The van der Waals surface area contributed by atoms with Gasteiger partial charge in [-0.15, -0.1) is 0 Å². The van der Waals surface area contributed by atoms with Gasteiger partial charge in [0.2, 0.25) is 0 Å². The van der Waals surface area contributed by atoms with Gasteiger partial charge in [0.05, 0.1) is 0 Å². The van der Waals surface area contributed by atoms with Gasteiger partial charge < -0.3 is 0 Å². The number of halogens is 2. The molecule has 0 saturated carbocycles. The van der Waals surface area contributed by atoms with Crippen molar-refractivity contribution in [2.75, 3.05) is 0 Å². The van der Waals surface area contributed by atoms with E-state index in [4.69, 9.17) is 0 Å². The maximum Gasteiger partial charge on any atom is 0.166 e. The minimum absolute atomic E-state index is 0.252. The van der Waals surface area contributed by atoms with Crippen LogP contribution in [0.25, 0.3) is 17.7 Å². The SMILES string of the molecule is CCC/C=C/c1ccc(/C(F)=C(/F)c2ccccc2)cc1. The molecule has 108 valence electrons. The summed E-state index contributed by atoms with van der Waals surface area (Å²) in [7, 11) is 0. The van der Waals surface area contributed by atoms with E-state index in [0.29, 0.717) is 0 Å². The largest absolute Gasteiger partial charge is 0.203 e. The van der Waals surface area contributed by atoms with Crippen LogP contribution in [-0.2, 0) is 0 Å². The normalized spacial score (nSPS) is 12.5. The van der Waals surface area contributed by atoms with Crippen LogP contribution in [0, 0.1) is 0 Å². The Kier molecular flexibility index (Phi) is 5.44. The lowest BCUT2D eigenvalue weighted by Gasteiger charge is -2.03. The summed E-state index contributed by atoms with van der Waals surface area (Å²) in [5.74, 6) is -1.66. The van der Waals surface area contributed by atoms with Gasteiger partial charge in [0.25, 0.3) is 0 Å². The number of hydrogen-bond acceptors (Lipinski definition) is 0. The monoisotopic (exact) mass is 284 g/mol. The van der Waals surface area contributed by atoms with Crippen LogP contribution in [0.15, 0.2) is 60.7 Å². The minimum Gasteiger partial charge on any atom is -0.203 e. The molecule has 0 atom stereocenters. The van der Waals surface area contributed by atoms with Crippen molar-refractivity contribution in [3.8, 4) is 0 Å². The Bertz CT molecular complexity index is 622. The van der Waals surface area contributed by atoms with Crippen molar-refractivity contribution >= 4 is 17.7 Å². The first-order chi connectivity index (χ1) is 10.2. The zero-order chi connectivity index (χ0) is 15.1. The Hall–Kier alpha value is -2.22. The molecule has 2 heteroatoms. The second-order valence-electron chi connectivity index (χ2n) is 4.81. The van der Waals surface area contributed by atoms with Crippen molar-refractivity contribution in [1.82, 2.24) is 0 Å². The molecule has 0 aliphatic rings. The van der Waals surface area contributed by atoms with Crippen molar-refractivity contribution in [1.29, 1.82) is 0 Å². The molecule has 0 N–H and O–H groups in total.